The van der Waals surface area contributed by atoms with Crippen LogP contribution in [0, 0.1) is 5.92 Å². The van der Waals surface area contributed by atoms with Gasteiger partial charge in [-0.2, -0.15) is 0 Å². The molecule has 18 heavy (non-hydrogen) atoms. The number of nitrogens with zero attached hydrogens (tertiary/aromatic N) is 1. The highest BCUT2D eigenvalue weighted by atomic mass is 35.5. The number of ether oxygens (including phenoxy) is 1. The number of hydrogen-bond acceptors (Lipinski definition) is 3. The van der Waals surface area contributed by atoms with Gasteiger partial charge in [0.1, 0.15) is 0 Å². The molecule has 1 aliphatic heterocycles. The van der Waals surface area contributed by atoms with Crippen LogP contribution in [0.4, 0.5) is 5.69 Å². The minimum atomic E-state index is 0.0280. The maximum atomic E-state index is 9.06. The van der Waals surface area contributed by atoms with Crippen LogP contribution in [0.2, 0.25) is 5.02 Å². The molecule has 3 nitrogen and oxygen atoms in total. The van der Waals surface area contributed by atoms with Gasteiger partial charge in [0, 0.05) is 20.2 Å². The molecule has 0 amide bonds. The molecule has 1 aliphatic rings. The largest absolute Gasteiger partial charge is 0.392 e. The average Bonchev–Trinajstić information content (AvgIpc) is 2.39. The van der Waals surface area contributed by atoms with Gasteiger partial charge >= 0.3 is 0 Å². The van der Waals surface area contributed by atoms with Crippen molar-refractivity contribution in [3.63, 3.8) is 0 Å². The van der Waals surface area contributed by atoms with Crippen molar-refractivity contribution >= 4 is 17.3 Å². The van der Waals surface area contributed by atoms with Crippen molar-refractivity contribution < 1.29 is 9.84 Å². The highest BCUT2D eigenvalue weighted by molar-refractivity contribution is 6.33. The molecule has 1 saturated heterocycles. The van der Waals surface area contributed by atoms with Gasteiger partial charge in [0.2, 0.25) is 0 Å². The number of rotatable bonds is 4. The highest BCUT2D eigenvalue weighted by Crippen LogP contribution is 2.27. The zero-order valence-corrected chi connectivity index (χ0v) is 11.5. The zero-order chi connectivity index (χ0) is 13.0. The summed E-state index contributed by atoms with van der Waals surface area (Å²) in [5.74, 6) is 0.581. The molecule has 0 saturated carbocycles. The monoisotopic (exact) mass is 269 g/mol. The Morgan fingerprint density at radius 3 is 2.94 bits per heavy atom. The Hall–Kier alpha value is -0.770. The number of benzene rings is 1. The average molecular weight is 270 g/mol. The second-order valence-corrected chi connectivity index (χ2v) is 5.31. The Balaban J connectivity index is 2.01. The summed E-state index contributed by atoms with van der Waals surface area (Å²) >= 11 is 6.24. The van der Waals surface area contributed by atoms with E-state index in [1.165, 1.54) is 6.42 Å². The Kier molecular flexibility index (Phi) is 4.87. The summed E-state index contributed by atoms with van der Waals surface area (Å²) < 4.78 is 5.49. The van der Waals surface area contributed by atoms with Crippen LogP contribution in [-0.2, 0) is 11.3 Å². The third-order valence-electron chi connectivity index (χ3n) is 3.39. The predicted molar refractivity (Wildman–Crippen MR) is 74.2 cm³/mol. The molecular weight excluding hydrogens is 250 g/mol. The number of aliphatic hydroxyl groups excluding tert-OH is 1. The van der Waals surface area contributed by atoms with Crippen molar-refractivity contribution in [3.8, 4) is 0 Å². The van der Waals surface area contributed by atoms with E-state index in [2.05, 4.69) is 11.9 Å². The quantitative estimate of drug-likeness (QED) is 0.912. The summed E-state index contributed by atoms with van der Waals surface area (Å²) in [7, 11) is 2.05. The SMILES string of the molecule is CN(CC1CCCOC1)c1ccc(CO)cc1Cl. The van der Waals surface area contributed by atoms with Crippen LogP contribution >= 0.6 is 11.6 Å². The maximum Gasteiger partial charge on any atom is 0.0682 e. The molecule has 0 bridgehead atoms. The molecule has 1 aromatic rings. The summed E-state index contributed by atoms with van der Waals surface area (Å²) in [5, 5.41) is 9.76. The fourth-order valence-electron chi connectivity index (χ4n) is 2.40. The molecular formula is C14H20ClNO2. The van der Waals surface area contributed by atoms with E-state index in [0.29, 0.717) is 10.9 Å². The molecule has 1 aromatic carbocycles. The Morgan fingerprint density at radius 2 is 2.33 bits per heavy atom. The third kappa shape index (κ3) is 3.37. The van der Waals surface area contributed by atoms with Gasteiger partial charge in [0.25, 0.3) is 0 Å². The molecule has 2 rings (SSSR count). The van der Waals surface area contributed by atoms with Crippen LogP contribution in [-0.4, -0.2) is 31.9 Å². The van der Waals surface area contributed by atoms with Crippen LogP contribution in [0.5, 0.6) is 0 Å². The van der Waals surface area contributed by atoms with E-state index in [4.69, 9.17) is 21.4 Å². The summed E-state index contributed by atoms with van der Waals surface area (Å²) in [5.41, 5.74) is 1.86. The van der Waals surface area contributed by atoms with E-state index < -0.39 is 0 Å². The van der Waals surface area contributed by atoms with E-state index in [1.807, 2.05) is 18.2 Å². The van der Waals surface area contributed by atoms with Gasteiger partial charge < -0.3 is 14.7 Å². The molecule has 4 heteroatoms. The Bertz CT molecular complexity index is 391. The van der Waals surface area contributed by atoms with E-state index in [9.17, 15) is 0 Å². The van der Waals surface area contributed by atoms with E-state index in [1.54, 1.807) is 0 Å². The van der Waals surface area contributed by atoms with Gasteiger partial charge in [0.05, 0.1) is 23.9 Å². The molecule has 1 heterocycles. The standard InChI is InChI=1S/C14H20ClNO2/c1-16(8-12-3-2-6-18-10-12)14-5-4-11(9-17)7-13(14)15/h4-5,7,12,17H,2-3,6,8-10H2,1H3. The van der Waals surface area contributed by atoms with Crippen molar-refractivity contribution in [2.75, 3.05) is 31.7 Å². The molecule has 1 fully saturated rings. The van der Waals surface area contributed by atoms with Crippen LogP contribution in [0.25, 0.3) is 0 Å². The number of aliphatic hydroxyl groups is 1. The van der Waals surface area contributed by atoms with Gasteiger partial charge in [-0.3, -0.25) is 0 Å². The van der Waals surface area contributed by atoms with Gasteiger partial charge in [-0.25, -0.2) is 0 Å². The molecule has 100 valence electrons. The highest BCUT2D eigenvalue weighted by Gasteiger charge is 2.17. The van der Waals surface area contributed by atoms with Crippen molar-refractivity contribution in [1.29, 1.82) is 0 Å². The van der Waals surface area contributed by atoms with Crippen molar-refractivity contribution in [2.24, 2.45) is 5.92 Å². The van der Waals surface area contributed by atoms with Gasteiger partial charge in [-0.1, -0.05) is 17.7 Å². The molecule has 0 aliphatic carbocycles. The van der Waals surface area contributed by atoms with Crippen LogP contribution in [0.3, 0.4) is 0 Å². The normalized spacial score (nSPS) is 19.8. The molecule has 0 radical (unpaired) electrons. The Labute approximate surface area is 113 Å². The van der Waals surface area contributed by atoms with Crippen molar-refractivity contribution in [3.05, 3.63) is 28.8 Å². The second-order valence-electron chi connectivity index (χ2n) is 4.91. The third-order valence-corrected chi connectivity index (χ3v) is 3.70. The number of anilines is 1. The lowest BCUT2D eigenvalue weighted by molar-refractivity contribution is 0.0576. The van der Waals surface area contributed by atoms with Crippen LogP contribution in [0.15, 0.2) is 18.2 Å². The summed E-state index contributed by atoms with van der Waals surface area (Å²) in [6, 6.07) is 5.71. The van der Waals surface area contributed by atoms with Gasteiger partial charge in [-0.15, -0.1) is 0 Å². The lowest BCUT2D eigenvalue weighted by atomic mass is 10.0. The van der Waals surface area contributed by atoms with Gasteiger partial charge in [0.15, 0.2) is 0 Å². The number of halogens is 1. The lowest BCUT2D eigenvalue weighted by Gasteiger charge is -2.29. The topological polar surface area (TPSA) is 32.7 Å². The minimum Gasteiger partial charge on any atom is -0.392 e. The first-order chi connectivity index (χ1) is 8.70. The zero-order valence-electron chi connectivity index (χ0n) is 10.7. The van der Waals surface area contributed by atoms with E-state index in [-0.39, 0.29) is 6.61 Å². The maximum absolute atomic E-state index is 9.06. The molecule has 1 N–H and O–H groups in total. The second kappa shape index (κ2) is 6.41. The first kappa shape index (κ1) is 13.7. The number of hydrogen-bond donors (Lipinski definition) is 1. The van der Waals surface area contributed by atoms with Gasteiger partial charge in [-0.05, 0) is 36.5 Å². The Morgan fingerprint density at radius 1 is 1.50 bits per heavy atom. The summed E-state index contributed by atoms with van der Waals surface area (Å²) in [4.78, 5) is 2.17. The molecule has 1 unspecified atom stereocenters. The van der Waals surface area contributed by atoms with Crippen LogP contribution in [0.1, 0.15) is 18.4 Å². The molecule has 1 atom stereocenters. The van der Waals surface area contributed by atoms with E-state index in [0.717, 1.165) is 37.4 Å². The fraction of sp³-hybridized carbons (Fsp3) is 0.571. The molecule has 0 spiro atoms. The lowest BCUT2D eigenvalue weighted by Crippen LogP contribution is -2.31. The fourth-order valence-corrected chi connectivity index (χ4v) is 2.74. The first-order valence-electron chi connectivity index (χ1n) is 6.39. The summed E-state index contributed by atoms with van der Waals surface area (Å²) in [6.07, 6.45) is 2.37. The van der Waals surface area contributed by atoms with Crippen molar-refractivity contribution in [2.45, 2.75) is 19.4 Å². The summed E-state index contributed by atoms with van der Waals surface area (Å²) in [6.45, 7) is 2.72. The first-order valence-corrected chi connectivity index (χ1v) is 6.76. The van der Waals surface area contributed by atoms with Crippen molar-refractivity contribution in [1.82, 2.24) is 0 Å². The minimum absolute atomic E-state index is 0.0280. The predicted octanol–water partition coefficient (Wildman–Crippen LogP) is 2.70. The molecule has 0 aromatic heterocycles. The van der Waals surface area contributed by atoms with Crippen LogP contribution < -0.4 is 4.90 Å². The van der Waals surface area contributed by atoms with E-state index >= 15 is 0 Å². The smallest absolute Gasteiger partial charge is 0.0682 e.